The maximum Gasteiger partial charge on any atom is 0.352 e. The molecule has 0 aromatic rings. The van der Waals surface area contributed by atoms with Gasteiger partial charge in [-0.1, -0.05) is 13.8 Å². The normalized spacial score (nSPS) is 31.7. The maximum absolute atomic E-state index is 12.5. The van der Waals surface area contributed by atoms with Crippen LogP contribution >= 0.6 is 0 Å². The summed E-state index contributed by atoms with van der Waals surface area (Å²) >= 11 is 0. The largest absolute Gasteiger partial charge is 0.477 e. The molecule has 0 spiro atoms. The number of aliphatic imine (C=N–C) groups is 1. The van der Waals surface area contributed by atoms with Crippen molar-refractivity contribution < 1.29 is 19.8 Å². The Morgan fingerprint density at radius 3 is 2.70 bits per heavy atom. The van der Waals surface area contributed by atoms with E-state index in [4.69, 9.17) is 11.5 Å². The molecular weight excluding hydrogens is 350 g/mol. The van der Waals surface area contributed by atoms with Gasteiger partial charge in [-0.3, -0.25) is 14.7 Å². The number of nitrogens with zero attached hydrogens (tertiary/aromatic N) is 3. The van der Waals surface area contributed by atoms with Gasteiger partial charge in [0.25, 0.3) is 0 Å². The first-order valence-corrected chi connectivity index (χ1v) is 9.51. The zero-order valence-electron chi connectivity index (χ0n) is 15.8. The van der Waals surface area contributed by atoms with E-state index in [1.165, 1.54) is 4.90 Å². The second kappa shape index (κ2) is 7.47. The van der Waals surface area contributed by atoms with Gasteiger partial charge in [0.2, 0.25) is 5.91 Å². The van der Waals surface area contributed by atoms with Crippen molar-refractivity contribution in [2.45, 2.75) is 38.8 Å². The van der Waals surface area contributed by atoms with Crippen LogP contribution in [0.3, 0.4) is 0 Å². The number of fused-ring (bicyclic) bond motifs is 1. The first-order chi connectivity index (χ1) is 12.8. The Hall–Kier alpha value is -2.13. The topological polar surface area (TPSA) is 145 Å². The van der Waals surface area contributed by atoms with Crippen molar-refractivity contribution in [1.29, 1.82) is 0 Å². The summed E-state index contributed by atoms with van der Waals surface area (Å²) in [6.07, 6.45) is 0.694. The van der Waals surface area contributed by atoms with Crippen LogP contribution in [0.25, 0.3) is 0 Å². The molecule has 9 heteroatoms. The number of nitrogens with two attached hydrogens (primary N) is 2. The molecule has 3 aliphatic heterocycles. The van der Waals surface area contributed by atoms with Crippen LogP contribution < -0.4 is 11.5 Å². The first-order valence-electron chi connectivity index (χ1n) is 9.51. The number of hydrogen-bond donors (Lipinski definition) is 4. The number of guanidine groups is 1. The van der Waals surface area contributed by atoms with Crippen molar-refractivity contribution >= 4 is 17.8 Å². The molecule has 150 valence electrons. The number of carboxylic acids is 1. The van der Waals surface area contributed by atoms with Crippen molar-refractivity contribution in [2.24, 2.45) is 34.2 Å². The van der Waals surface area contributed by atoms with Gasteiger partial charge in [-0.05, 0) is 30.9 Å². The van der Waals surface area contributed by atoms with E-state index in [1.54, 1.807) is 0 Å². The minimum Gasteiger partial charge on any atom is -0.477 e. The highest BCUT2D eigenvalue weighted by atomic mass is 16.4. The highest BCUT2D eigenvalue weighted by Crippen LogP contribution is 2.47. The summed E-state index contributed by atoms with van der Waals surface area (Å²) in [5.41, 5.74) is 11.7. The lowest BCUT2D eigenvalue weighted by molar-refractivity contribution is -0.164. The van der Waals surface area contributed by atoms with Crippen LogP contribution in [-0.2, 0) is 9.59 Å². The lowest BCUT2D eigenvalue weighted by Gasteiger charge is -2.47. The van der Waals surface area contributed by atoms with Crippen LogP contribution in [-0.4, -0.2) is 76.2 Å². The van der Waals surface area contributed by atoms with Gasteiger partial charge in [0.15, 0.2) is 5.96 Å². The molecule has 1 amide bonds. The molecule has 6 N–H and O–H groups in total. The summed E-state index contributed by atoms with van der Waals surface area (Å²) in [5.74, 6) is -1.53. The Bertz CT molecular complexity index is 687. The number of likely N-dealkylation sites (tertiary alicyclic amines) is 1. The minimum atomic E-state index is -1.08. The summed E-state index contributed by atoms with van der Waals surface area (Å²) in [5, 5.41) is 19.9. The second-order valence-electron chi connectivity index (χ2n) is 7.82. The summed E-state index contributed by atoms with van der Waals surface area (Å²) in [7, 11) is 0. The molecule has 5 unspecified atom stereocenters. The standard InChI is InChI=1S/C18H29N5O4/c1-3-12(24)13-14-9(2)11(15(17(26)27)23(14)16(13)25)8-22-5-4-10(7-22)6-21-18(19)20/h9-10,12-14,24H,3-8H2,1-2H3,(H,26,27)(H4,19,20,21). The number of β-lactam (4-membered cyclic amide) rings is 1. The van der Waals surface area contributed by atoms with Crippen molar-refractivity contribution in [2.75, 3.05) is 26.2 Å². The number of rotatable bonds is 7. The third-order valence-electron chi connectivity index (χ3n) is 6.13. The molecular formula is C18H29N5O4. The number of hydrogen-bond acceptors (Lipinski definition) is 5. The van der Waals surface area contributed by atoms with Crippen LogP contribution in [0, 0.1) is 17.8 Å². The summed E-state index contributed by atoms with van der Waals surface area (Å²) in [4.78, 5) is 32.0. The molecule has 3 heterocycles. The SMILES string of the molecule is CCC(O)C1C(=O)N2C(C(=O)O)=C(CN3CCC(CN=C(N)N)C3)C(C)C12. The fraction of sp³-hybridized carbons (Fsp3) is 0.722. The van der Waals surface area contributed by atoms with Crippen LogP contribution in [0.1, 0.15) is 26.7 Å². The van der Waals surface area contributed by atoms with Gasteiger partial charge in [-0.15, -0.1) is 0 Å². The molecule has 0 aromatic carbocycles. The van der Waals surface area contributed by atoms with Crippen molar-refractivity contribution in [3.05, 3.63) is 11.3 Å². The Labute approximate surface area is 158 Å². The molecule has 9 nitrogen and oxygen atoms in total. The molecule has 3 aliphatic rings. The lowest BCUT2D eigenvalue weighted by atomic mass is 9.76. The molecule has 0 aromatic heterocycles. The number of aliphatic hydroxyl groups excluding tert-OH is 1. The fourth-order valence-electron chi connectivity index (χ4n) is 4.69. The molecule has 0 aliphatic carbocycles. The van der Waals surface area contributed by atoms with E-state index in [1.807, 2.05) is 13.8 Å². The summed E-state index contributed by atoms with van der Waals surface area (Å²) in [6, 6.07) is -0.256. The quantitative estimate of drug-likeness (QED) is 0.256. The van der Waals surface area contributed by atoms with E-state index < -0.39 is 18.0 Å². The zero-order valence-corrected chi connectivity index (χ0v) is 15.8. The average Bonchev–Trinajstić information content (AvgIpc) is 3.15. The molecule has 0 bridgehead atoms. The van der Waals surface area contributed by atoms with Gasteiger partial charge in [-0.25, -0.2) is 4.79 Å². The van der Waals surface area contributed by atoms with Gasteiger partial charge in [0.1, 0.15) is 5.70 Å². The van der Waals surface area contributed by atoms with E-state index in [0.717, 1.165) is 25.1 Å². The number of carbonyl (C=O) groups is 2. The van der Waals surface area contributed by atoms with Gasteiger partial charge in [0, 0.05) is 25.6 Å². The minimum absolute atomic E-state index is 0.0807. The van der Waals surface area contributed by atoms with E-state index in [-0.39, 0.29) is 29.5 Å². The van der Waals surface area contributed by atoms with E-state index in [9.17, 15) is 19.8 Å². The van der Waals surface area contributed by atoms with Crippen LogP contribution in [0.4, 0.5) is 0 Å². The molecule has 3 rings (SSSR count). The van der Waals surface area contributed by atoms with Crippen LogP contribution in [0.2, 0.25) is 0 Å². The summed E-state index contributed by atoms with van der Waals surface area (Å²) in [6.45, 7) is 6.49. The lowest BCUT2D eigenvalue weighted by Crippen LogP contribution is -2.64. The van der Waals surface area contributed by atoms with Gasteiger partial charge < -0.3 is 26.6 Å². The number of aliphatic hydroxyl groups is 1. The third kappa shape index (κ3) is 3.41. The first kappa shape index (κ1) is 19.6. The van der Waals surface area contributed by atoms with Crippen LogP contribution in [0.15, 0.2) is 16.3 Å². The maximum atomic E-state index is 12.5. The van der Waals surface area contributed by atoms with Crippen molar-refractivity contribution in [3.63, 3.8) is 0 Å². The molecule has 2 saturated heterocycles. The Morgan fingerprint density at radius 2 is 2.11 bits per heavy atom. The third-order valence-corrected chi connectivity index (χ3v) is 6.13. The predicted molar refractivity (Wildman–Crippen MR) is 99.5 cm³/mol. The highest BCUT2D eigenvalue weighted by Gasteiger charge is 2.60. The van der Waals surface area contributed by atoms with E-state index in [0.29, 0.717) is 25.4 Å². The predicted octanol–water partition coefficient (Wildman–Crippen LogP) is -0.832. The van der Waals surface area contributed by atoms with Crippen LogP contribution in [0.5, 0.6) is 0 Å². The van der Waals surface area contributed by atoms with Gasteiger partial charge >= 0.3 is 5.97 Å². The van der Waals surface area contributed by atoms with E-state index >= 15 is 0 Å². The number of amides is 1. The van der Waals surface area contributed by atoms with Crippen molar-refractivity contribution in [1.82, 2.24) is 9.80 Å². The van der Waals surface area contributed by atoms with Gasteiger partial charge in [-0.2, -0.15) is 0 Å². The molecule has 2 fully saturated rings. The Balaban J connectivity index is 1.74. The number of aliphatic carboxylic acids is 1. The zero-order chi connectivity index (χ0) is 19.9. The Kier molecular flexibility index (Phi) is 5.43. The van der Waals surface area contributed by atoms with Gasteiger partial charge in [0.05, 0.1) is 18.1 Å². The fourth-order valence-corrected chi connectivity index (χ4v) is 4.69. The number of carbonyl (C=O) groups excluding carboxylic acids is 1. The molecule has 0 radical (unpaired) electrons. The highest BCUT2D eigenvalue weighted by molar-refractivity contribution is 6.00. The summed E-state index contributed by atoms with van der Waals surface area (Å²) < 4.78 is 0. The van der Waals surface area contributed by atoms with E-state index in [2.05, 4.69) is 9.89 Å². The molecule has 5 atom stereocenters. The second-order valence-corrected chi connectivity index (χ2v) is 7.82. The monoisotopic (exact) mass is 379 g/mol. The van der Waals surface area contributed by atoms with Crippen molar-refractivity contribution in [3.8, 4) is 0 Å². The number of carboxylic acid groups (broad SMARTS) is 1. The average molecular weight is 379 g/mol. The molecule has 27 heavy (non-hydrogen) atoms. The molecule has 0 saturated carbocycles. The smallest absolute Gasteiger partial charge is 0.352 e. The Morgan fingerprint density at radius 1 is 1.41 bits per heavy atom.